The van der Waals surface area contributed by atoms with Gasteiger partial charge in [-0.05, 0) is 108 Å². The van der Waals surface area contributed by atoms with Crippen molar-refractivity contribution in [2.45, 2.75) is 115 Å². The van der Waals surface area contributed by atoms with Gasteiger partial charge in [-0.25, -0.2) is 10.2 Å². The Morgan fingerprint density at radius 3 is 1.77 bits per heavy atom. The quantitative estimate of drug-likeness (QED) is 0.0783. The predicted molar refractivity (Wildman–Crippen MR) is 199 cm³/mol. The van der Waals surface area contributed by atoms with Gasteiger partial charge in [0, 0.05) is 34.8 Å². The van der Waals surface area contributed by atoms with Crippen LogP contribution in [0, 0.1) is 54.3 Å². The van der Waals surface area contributed by atoms with Gasteiger partial charge in [0.1, 0.15) is 11.5 Å². The summed E-state index contributed by atoms with van der Waals surface area (Å²) in [6.45, 7) is 25.2. The summed E-state index contributed by atoms with van der Waals surface area (Å²) >= 11 is 0. The number of aliphatic imine (C=N–C) groups is 1. The van der Waals surface area contributed by atoms with Gasteiger partial charge in [0.2, 0.25) is 0 Å². The largest absolute Gasteiger partial charge is 0.658 e. The third-order valence-corrected chi connectivity index (χ3v) is 10.5. The summed E-state index contributed by atoms with van der Waals surface area (Å²) in [5, 5.41) is 17.4. The van der Waals surface area contributed by atoms with E-state index >= 15 is 0 Å². The summed E-state index contributed by atoms with van der Waals surface area (Å²) in [5.74, 6) is 2.51. The molecule has 0 amide bonds. The van der Waals surface area contributed by atoms with E-state index in [-0.39, 0.29) is 81.5 Å². The Morgan fingerprint density at radius 2 is 1.35 bits per heavy atom. The molecule has 2 saturated carbocycles. The number of ether oxygens (including phenoxy) is 2. The number of aryl methyl sites for hydroxylation is 1. The first-order chi connectivity index (χ1) is 23.8. The van der Waals surface area contributed by atoms with Crippen LogP contribution in [0.15, 0.2) is 46.2 Å². The van der Waals surface area contributed by atoms with Crippen LogP contribution in [-0.4, -0.2) is 33.8 Å². The molecule has 10 nitrogen and oxygen atoms in total. The van der Waals surface area contributed by atoms with Crippen molar-refractivity contribution in [2.75, 3.05) is 0 Å². The minimum atomic E-state index is -0.231. The normalized spacial score (nSPS) is 28.3. The maximum Gasteiger partial charge on any atom is 0.314 e. The number of carbonyl (C=O) groups excluding carboxylic acids is 3. The molecule has 0 aromatic carbocycles. The Hall–Kier alpha value is -3.41. The van der Waals surface area contributed by atoms with E-state index in [0.717, 1.165) is 36.8 Å². The van der Waals surface area contributed by atoms with E-state index in [1.165, 1.54) is 19.9 Å². The van der Waals surface area contributed by atoms with Gasteiger partial charge in [-0.2, -0.15) is 0 Å². The third kappa shape index (κ3) is 11.5. The SMILES string of the molecule is C=C(CCc1[n-]c(/C=C2\N=C(C)C(OC(=O)C3C(C)CC(C)CC3C)=C2C)c(C)c1OC(=O)C1C(C)CC(C)CC1C)OO.CC(=O)/C=C(/C)O.[Co]. The van der Waals surface area contributed by atoms with Crippen LogP contribution in [-0.2, 0) is 47.2 Å². The third-order valence-electron chi connectivity index (χ3n) is 10.5. The summed E-state index contributed by atoms with van der Waals surface area (Å²) < 4.78 is 12.2. The van der Waals surface area contributed by atoms with Crippen LogP contribution in [0.4, 0.5) is 0 Å². The zero-order valence-electron chi connectivity index (χ0n) is 32.8. The summed E-state index contributed by atoms with van der Waals surface area (Å²) in [6.07, 6.45) is 7.74. The first-order valence-corrected chi connectivity index (χ1v) is 18.3. The van der Waals surface area contributed by atoms with Crippen molar-refractivity contribution >= 4 is 29.5 Å². The van der Waals surface area contributed by atoms with Crippen LogP contribution in [0.2, 0.25) is 0 Å². The Labute approximate surface area is 320 Å². The molecule has 291 valence electrons. The van der Waals surface area contributed by atoms with Crippen molar-refractivity contribution in [1.29, 1.82) is 0 Å². The first-order valence-electron chi connectivity index (χ1n) is 18.3. The Balaban J connectivity index is 0.00000106. The smallest absolute Gasteiger partial charge is 0.314 e. The number of hydrogen-bond donors (Lipinski definition) is 2. The van der Waals surface area contributed by atoms with Gasteiger partial charge in [0.15, 0.2) is 11.5 Å². The maximum atomic E-state index is 13.6. The number of aliphatic hydroxyl groups excluding tert-OH is 1. The number of ketones is 1. The van der Waals surface area contributed by atoms with Gasteiger partial charge >= 0.3 is 11.9 Å². The molecule has 1 aromatic heterocycles. The molecular weight excluding hydrogens is 707 g/mol. The van der Waals surface area contributed by atoms with Crippen molar-refractivity contribution in [3.8, 4) is 5.75 Å². The Kier molecular flexibility index (Phi) is 16.9. The number of carbonyl (C=O) groups is 3. The topological polar surface area (TPSA) is 146 Å². The standard InChI is InChI=1S/C36H51N2O6.C5H8O2.Co/c1-18-13-20(3)31(21(4)14-18)35(39)42-33-25(8)29(37-27(33)10)17-30-26(9)34(28(38-30)12-11-24(7)44-41)43-36(40)32-22(5)15-19(2)16-23(32)6;1-4(6)3-5(2)7;/h17-23,31-32H,7,11-16H2,1-6,8-10H3,(H-,37,38,41);3,6H,1-2H3;/q-1;;/b;4-3-;. The molecule has 3 aliphatic rings. The summed E-state index contributed by atoms with van der Waals surface area (Å²) in [7, 11) is 0. The zero-order valence-corrected chi connectivity index (χ0v) is 33.8. The molecule has 4 atom stereocenters. The first kappa shape index (κ1) is 44.7. The van der Waals surface area contributed by atoms with Crippen LogP contribution in [0.5, 0.6) is 5.75 Å². The van der Waals surface area contributed by atoms with Crippen LogP contribution in [0.1, 0.15) is 118 Å². The van der Waals surface area contributed by atoms with Gasteiger partial charge in [-0.1, -0.05) is 54.2 Å². The van der Waals surface area contributed by atoms with E-state index in [2.05, 4.69) is 53.0 Å². The molecule has 11 heteroatoms. The van der Waals surface area contributed by atoms with E-state index in [4.69, 9.17) is 29.8 Å². The fourth-order valence-electron chi connectivity index (χ4n) is 8.48. The summed E-state index contributed by atoms with van der Waals surface area (Å²) in [5.41, 5.74) is 4.01. The number of nitrogens with zero attached hydrogens (tertiary/aromatic N) is 2. The number of esters is 2. The molecule has 0 bridgehead atoms. The van der Waals surface area contributed by atoms with E-state index in [1.807, 2.05) is 26.8 Å². The number of rotatable bonds is 10. The Morgan fingerprint density at radius 1 is 0.865 bits per heavy atom. The van der Waals surface area contributed by atoms with E-state index in [0.29, 0.717) is 59.0 Å². The molecule has 0 saturated heterocycles. The molecule has 2 heterocycles. The maximum absolute atomic E-state index is 13.6. The summed E-state index contributed by atoms with van der Waals surface area (Å²) in [4.78, 5) is 50.8. The second-order valence-corrected chi connectivity index (χ2v) is 15.6. The van der Waals surface area contributed by atoms with Gasteiger partial charge in [0.05, 0.1) is 29.0 Å². The van der Waals surface area contributed by atoms with Crippen molar-refractivity contribution < 1.29 is 55.9 Å². The number of hydrogen-bond acceptors (Lipinski definition) is 9. The number of aliphatic hydroxyl groups is 1. The molecule has 2 fully saturated rings. The molecule has 52 heavy (non-hydrogen) atoms. The molecule has 1 aliphatic heterocycles. The van der Waals surface area contributed by atoms with Crippen LogP contribution in [0.25, 0.3) is 6.08 Å². The van der Waals surface area contributed by atoms with Gasteiger partial charge < -0.3 is 24.5 Å². The molecule has 1 aromatic rings. The van der Waals surface area contributed by atoms with E-state index in [1.54, 1.807) is 0 Å². The molecule has 0 spiro atoms. The zero-order chi connectivity index (χ0) is 38.3. The molecular formula is C41H59CoN2O8-. The molecule has 2 N–H and O–H groups in total. The van der Waals surface area contributed by atoms with Crippen molar-refractivity contribution in [2.24, 2.45) is 52.3 Å². The molecule has 4 unspecified atom stereocenters. The van der Waals surface area contributed by atoms with E-state index < -0.39 is 0 Å². The monoisotopic (exact) mass is 766 g/mol. The fourth-order valence-corrected chi connectivity index (χ4v) is 8.48. The van der Waals surface area contributed by atoms with E-state index in [9.17, 15) is 14.4 Å². The average Bonchev–Trinajstić information content (AvgIpc) is 3.43. The second kappa shape index (κ2) is 19.6. The van der Waals surface area contributed by atoms with Gasteiger partial charge in [-0.3, -0.25) is 14.4 Å². The van der Waals surface area contributed by atoms with Crippen LogP contribution in [0.3, 0.4) is 0 Å². The Bertz CT molecular complexity index is 1570. The molecule has 1 radical (unpaired) electrons. The van der Waals surface area contributed by atoms with Crippen LogP contribution < -0.4 is 9.72 Å². The fraction of sp³-hybridized carbons (Fsp3) is 0.610. The second-order valence-electron chi connectivity index (χ2n) is 15.6. The van der Waals surface area contributed by atoms with Crippen LogP contribution >= 0.6 is 0 Å². The van der Waals surface area contributed by atoms with Crippen molar-refractivity contribution in [1.82, 2.24) is 4.98 Å². The minimum Gasteiger partial charge on any atom is -0.658 e. The van der Waals surface area contributed by atoms with Crippen molar-refractivity contribution in [3.05, 3.63) is 58.2 Å². The molecule has 4 rings (SSSR count). The number of allylic oxidation sites excluding steroid dienone is 5. The van der Waals surface area contributed by atoms with Gasteiger partial charge in [0.25, 0.3) is 0 Å². The summed E-state index contributed by atoms with van der Waals surface area (Å²) in [6, 6.07) is 0. The average molecular weight is 767 g/mol. The van der Waals surface area contributed by atoms with Gasteiger partial charge in [-0.15, -0.1) is 11.4 Å². The number of aromatic nitrogens is 1. The van der Waals surface area contributed by atoms with Crippen molar-refractivity contribution in [3.63, 3.8) is 0 Å². The minimum absolute atomic E-state index is 0. The predicted octanol–water partition coefficient (Wildman–Crippen LogP) is 9.10. The molecule has 2 aliphatic carbocycles.